The highest BCUT2D eigenvalue weighted by Gasteiger charge is 2.29. The number of aliphatic hydroxyl groups is 1. The van der Waals surface area contributed by atoms with Gasteiger partial charge in [0, 0.05) is 6.20 Å². The summed E-state index contributed by atoms with van der Waals surface area (Å²) in [5.41, 5.74) is 0. The van der Waals surface area contributed by atoms with Gasteiger partial charge in [0.15, 0.2) is 0 Å². The summed E-state index contributed by atoms with van der Waals surface area (Å²) in [6, 6.07) is -1.03. The van der Waals surface area contributed by atoms with Crippen molar-refractivity contribution in [1.29, 1.82) is 0 Å². The zero-order chi connectivity index (χ0) is 13.9. The Labute approximate surface area is 102 Å². The summed E-state index contributed by atoms with van der Waals surface area (Å²) in [4.78, 5) is 13.6. The second-order valence-corrected chi connectivity index (χ2v) is 5.23. The van der Waals surface area contributed by atoms with E-state index in [9.17, 15) is 17.6 Å². The predicted molar refractivity (Wildman–Crippen MR) is 57.6 cm³/mol. The minimum Gasteiger partial charge on any atom is -0.480 e. The van der Waals surface area contributed by atoms with Crippen LogP contribution in [0.2, 0.25) is 0 Å². The Hall–Kier alpha value is -1.58. The first kappa shape index (κ1) is 14.5. The van der Waals surface area contributed by atoms with Crippen molar-refractivity contribution in [2.45, 2.75) is 24.0 Å². The first-order valence-corrected chi connectivity index (χ1v) is 6.26. The number of pyridine rings is 1. The third-order valence-corrected chi connectivity index (χ3v) is 3.43. The van der Waals surface area contributed by atoms with Gasteiger partial charge in [-0.25, -0.2) is 12.8 Å². The van der Waals surface area contributed by atoms with Crippen LogP contribution in [0.3, 0.4) is 0 Å². The Balaban J connectivity index is 3.05. The standard InChI is InChI=1S/C9H11FN2O5S/c1-5(13)8(9(14)15)12-18(16,17)7-2-6(10)3-11-4-7/h2-5,8,12-13H,1H3,(H,14,15). The summed E-state index contributed by atoms with van der Waals surface area (Å²) in [6.45, 7) is 1.12. The number of hydrogen-bond donors (Lipinski definition) is 3. The largest absolute Gasteiger partial charge is 0.480 e. The lowest BCUT2D eigenvalue weighted by Crippen LogP contribution is -2.47. The molecule has 0 saturated heterocycles. The molecule has 3 N–H and O–H groups in total. The van der Waals surface area contributed by atoms with Crippen molar-refractivity contribution in [3.8, 4) is 0 Å². The zero-order valence-corrected chi connectivity index (χ0v) is 10.1. The fraction of sp³-hybridized carbons (Fsp3) is 0.333. The molecule has 0 radical (unpaired) electrons. The van der Waals surface area contributed by atoms with Crippen molar-refractivity contribution in [2.75, 3.05) is 0 Å². The number of carbonyl (C=O) groups is 1. The average molecular weight is 278 g/mol. The smallest absolute Gasteiger partial charge is 0.324 e. The van der Waals surface area contributed by atoms with Gasteiger partial charge >= 0.3 is 5.97 Å². The second-order valence-electron chi connectivity index (χ2n) is 3.52. The molecule has 9 heteroatoms. The Bertz CT molecular complexity index is 546. The summed E-state index contributed by atoms with van der Waals surface area (Å²) in [5, 5.41) is 17.9. The van der Waals surface area contributed by atoms with Crippen LogP contribution in [0.1, 0.15) is 6.92 Å². The van der Waals surface area contributed by atoms with Crippen molar-refractivity contribution in [2.24, 2.45) is 0 Å². The van der Waals surface area contributed by atoms with Crippen LogP contribution in [0, 0.1) is 5.82 Å². The maximum absolute atomic E-state index is 12.8. The predicted octanol–water partition coefficient (Wildman–Crippen LogP) is -0.667. The van der Waals surface area contributed by atoms with Gasteiger partial charge in [0.2, 0.25) is 10.0 Å². The van der Waals surface area contributed by atoms with Crippen molar-refractivity contribution < 1.29 is 27.8 Å². The summed E-state index contributed by atoms with van der Waals surface area (Å²) >= 11 is 0. The number of nitrogens with zero attached hydrogens (tertiary/aromatic N) is 1. The molecule has 0 aliphatic rings. The van der Waals surface area contributed by atoms with Gasteiger partial charge in [-0.1, -0.05) is 0 Å². The van der Waals surface area contributed by atoms with Crippen molar-refractivity contribution in [3.63, 3.8) is 0 Å². The molecule has 0 aliphatic carbocycles. The number of rotatable bonds is 5. The van der Waals surface area contributed by atoms with Gasteiger partial charge in [-0.2, -0.15) is 4.72 Å². The van der Waals surface area contributed by atoms with E-state index in [0.29, 0.717) is 6.07 Å². The van der Waals surface area contributed by atoms with Gasteiger partial charge in [-0.15, -0.1) is 0 Å². The van der Waals surface area contributed by atoms with Gasteiger partial charge in [-0.05, 0) is 13.0 Å². The first-order valence-electron chi connectivity index (χ1n) is 4.78. The van der Waals surface area contributed by atoms with E-state index >= 15 is 0 Å². The SMILES string of the molecule is CC(O)C(NS(=O)(=O)c1cncc(F)c1)C(=O)O. The Morgan fingerprint density at radius 2 is 2.11 bits per heavy atom. The molecule has 0 aromatic carbocycles. The fourth-order valence-electron chi connectivity index (χ4n) is 1.13. The third-order valence-electron chi connectivity index (χ3n) is 2.02. The molecule has 1 aromatic rings. The van der Waals surface area contributed by atoms with Gasteiger partial charge < -0.3 is 10.2 Å². The van der Waals surface area contributed by atoms with Crippen LogP contribution in [-0.2, 0) is 14.8 Å². The van der Waals surface area contributed by atoms with Crippen LogP contribution in [0.4, 0.5) is 4.39 Å². The molecular formula is C9H11FN2O5S. The highest BCUT2D eigenvalue weighted by Crippen LogP contribution is 2.10. The van der Waals surface area contributed by atoms with E-state index in [2.05, 4.69) is 4.98 Å². The fourth-order valence-corrected chi connectivity index (χ4v) is 2.37. The average Bonchev–Trinajstić information content (AvgIpc) is 2.25. The van der Waals surface area contributed by atoms with Crippen molar-refractivity contribution in [3.05, 3.63) is 24.3 Å². The minimum atomic E-state index is -4.27. The van der Waals surface area contributed by atoms with E-state index in [1.807, 2.05) is 0 Å². The molecule has 1 aromatic heterocycles. The van der Waals surface area contributed by atoms with E-state index in [-0.39, 0.29) is 0 Å². The Kier molecular flexibility index (Phi) is 4.33. The molecule has 0 aliphatic heterocycles. The molecule has 0 fully saturated rings. The number of aromatic nitrogens is 1. The summed E-state index contributed by atoms with van der Waals surface area (Å²) < 4.78 is 38.0. The van der Waals surface area contributed by atoms with Crippen LogP contribution in [0.15, 0.2) is 23.4 Å². The summed E-state index contributed by atoms with van der Waals surface area (Å²) in [6.07, 6.45) is 0.230. The molecule has 0 amide bonds. The van der Waals surface area contributed by atoms with Gasteiger partial charge in [0.05, 0.1) is 12.3 Å². The van der Waals surface area contributed by atoms with Crippen molar-refractivity contribution in [1.82, 2.24) is 9.71 Å². The molecule has 100 valence electrons. The number of aliphatic hydroxyl groups excluding tert-OH is 1. The normalized spacial score (nSPS) is 15.1. The molecule has 2 unspecified atom stereocenters. The molecule has 0 bridgehead atoms. The maximum atomic E-state index is 12.8. The van der Waals surface area contributed by atoms with E-state index in [4.69, 9.17) is 10.2 Å². The highest BCUT2D eigenvalue weighted by molar-refractivity contribution is 7.89. The second kappa shape index (κ2) is 5.38. The molecule has 2 atom stereocenters. The summed E-state index contributed by atoms with van der Waals surface area (Å²) in [7, 11) is -4.27. The maximum Gasteiger partial charge on any atom is 0.324 e. The molecule has 1 rings (SSSR count). The van der Waals surface area contributed by atoms with Crippen LogP contribution >= 0.6 is 0 Å². The third kappa shape index (κ3) is 3.45. The number of carboxylic acids is 1. The van der Waals surface area contributed by atoms with E-state index < -0.39 is 38.9 Å². The van der Waals surface area contributed by atoms with Gasteiger partial charge in [-0.3, -0.25) is 9.78 Å². The topological polar surface area (TPSA) is 117 Å². The monoisotopic (exact) mass is 278 g/mol. The molecule has 7 nitrogen and oxygen atoms in total. The molecule has 1 heterocycles. The van der Waals surface area contributed by atoms with E-state index in [0.717, 1.165) is 19.3 Å². The Morgan fingerprint density at radius 3 is 2.56 bits per heavy atom. The quantitative estimate of drug-likeness (QED) is 0.658. The number of hydrogen-bond acceptors (Lipinski definition) is 5. The molecule has 0 saturated carbocycles. The molecular weight excluding hydrogens is 267 g/mol. The van der Waals surface area contributed by atoms with Crippen LogP contribution < -0.4 is 4.72 Å². The number of aliphatic carboxylic acids is 1. The van der Waals surface area contributed by atoms with Gasteiger partial charge in [0.25, 0.3) is 0 Å². The lowest BCUT2D eigenvalue weighted by atomic mass is 10.2. The first-order chi connectivity index (χ1) is 8.24. The highest BCUT2D eigenvalue weighted by atomic mass is 32.2. The lowest BCUT2D eigenvalue weighted by Gasteiger charge is -2.16. The Morgan fingerprint density at radius 1 is 1.50 bits per heavy atom. The van der Waals surface area contributed by atoms with Crippen molar-refractivity contribution >= 4 is 16.0 Å². The van der Waals surface area contributed by atoms with Crippen LogP contribution in [-0.4, -0.2) is 41.7 Å². The minimum absolute atomic E-state index is 0.519. The molecule has 18 heavy (non-hydrogen) atoms. The number of sulfonamides is 1. The lowest BCUT2D eigenvalue weighted by molar-refractivity contribution is -0.141. The van der Waals surface area contributed by atoms with Crippen LogP contribution in [0.5, 0.6) is 0 Å². The van der Waals surface area contributed by atoms with Gasteiger partial charge in [0.1, 0.15) is 16.8 Å². The number of halogens is 1. The van der Waals surface area contributed by atoms with Crippen LogP contribution in [0.25, 0.3) is 0 Å². The number of carboxylic acid groups (broad SMARTS) is 1. The number of nitrogens with one attached hydrogen (secondary N) is 1. The van der Waals surface area contributed by atoms with E-state index in [1.165, 1.54) is 0 Å². The van der Waals surface area contributed by atoms with E-state index in [1.54, 1.807) is 4.72 Å². The summed E-state index contributed by atoms with van der Waals surface area (Å²) in [5.74, 6) is -2.42. The molecule has 0 spiro atoms. The zero-order valence-electron chi connectivity index (χ0n) is 9.24.